The molecule has 0 unspecified atom stereocenters. The molecule has 0 aliphatic carbocycles. The highest BCUT2D eigenvalue weighted by Crippen LogP contribution is 2.14. The zero-order chi connectivity index (χ0) is 17.7. The lowest BCUT2D eigenvalue weighted by Gasteiger charge is -2.34. The monoisotopic (exact) mass is 347 g/mol. The molecule has 0 saturated carbocycles. The normalized spacial score (nSPS) is 20.7. The van der Waals surface area contributed by atoms with Crippen LogP contribution in [0.15, 0.2) is 0 Å². The average molecular weight is 347 g/mol. The Balaban J connectivity index is 2.58. The summed E-state index contributed by atoms with van der Waals surface area (Å²) >= 11 is 0. The van der Waals surface area contributed by atoms with E-state index in [0.29, 0.717) is 6.54 Å². The first-order valence-electron chi connectivity index (χ1n) is 7.49. The van der Waals surface area contributed by atoms with E-state index in [1.54, 1.807) is 27.7 Å². The largest absolute Gasteiger partial charge is 0.444 e. The molecule has 0 radical (unpaired) electrons. The third kappa shape index (κ3) is 7.63. The fourth-order valence-electron chi connectivity index (χ4n) is 2.09. The van der Waals surface area contributed by atoms with E-state index in [2.05, 4.69) is 4.72 Å². The number of carbonyl (C=O) groups is 1. The number of sulfonamides is 1. The first-order valence-corrected chi connectivity index (χ1v) is 9.14. The van der Waals surface area contributed by atoms with E-state index in [9.17, 15) is 13.2 Å². The molecule has 1 N–H and O–H groups in total. The van der Waals surface area contributed by atoms with Crippen LogP contribution in [0.3, 0.4) is 0 Å². The molecule has 1 heterocycles. The summed E-state index contributed by atoms with van der Waals surface area (Å²) in [6, 6.07) is 1.45. The molecule has 1 aliphatic rings. The minimum absolute atomic E-state index is 0.0921. The van der Waals surface area contributed by atoms with Gasteiger partial charge in [0.05, 0.1) is 37.5 Å². The van der Waals surface area contributed by atoms with Gasteiger partial charge in [0.2, 0.25) is 10.0 Å². The van der Waals surface area contributed by atoms with E-state index in [1.807, 2.05) is 6.07 Å². The summed E-state index contributed by atoms with van der Waals surface area (Å²) < 4.78 is 37.2. The molecular formula is C14H25N3O5S. The number of nitriles is 1. The summed E-state index contributed by atoms with van der Waals surface area (Å²) in [5.74, 6) is -0.262. The minimum Gasteiger partial charge on any atom is -0.444 e. The summed E-state index contributed by atoms with van der Waals surface area (Å²) in [7, 11) is -3.59. The zero-order valence-electron chi connectivity index (χ0n) is 14.0. The molecule has 0 aromatic carbocycles. The first kappa shape index (κ1) is 19.7. The van der Waals surface area contributed by atoms with Crippen LogP contribution in [-0.4, -0.2) is 62.6 Å². The van der Waals surface area contributed by atoms with Crippen molar-refractivity contribution in [1.29, 1.82) is 5.26 Å². The van der Waals surface area contributed by atoms with Gasteiger partial charge < -0.3 is 14.4 Å². The van der Waals surface area contributed by atoms with Gasteiger partial charge in [-0.2, -0.15) is 5.26 Å². The van der Waals surface area contributed by atoms with Crippen molar-refractivity contribution in [2.24, 2.45) is 0 Å². The molecule has 0 aromatic rings. The fraction of sp³-hybridized carbons (Fsp3) is 0.857. The standard InChI is InChI=1S/C14H25N3O5S/c1-11(5-6-15)16-23(19,20)10-12-9-17(7-8-21-12)13(18)22-14(2,3)4/h11-12,16H,5,7-10H2,1-4H3/t11-,12+/m1/s1. The topological polar surface area (TPSA) is 109 Å². The quantitative estimate of drug-likeness (QED) is 0.789. The summed E-state index contributed by atoms with van der Waals surface area (Å²) in [6.07, 6.45) is -1.01. The SMILES string of the molecule is C[C@H](CC#N)NS(=O)(=O)C[C@@H]1CN(C(=O)OC(C)(C)C)CCO1. The van der Waals surface area contributed by atoms with Crippen molar-refractivity contribution in [3.63, 3.8) is 0 Å². The van der Waals surface area contributed by atoms with E-state index < -0.39 is 33.9 Å². The van der Waals surface area contributed by atoms with E-state index in [1.165, 1.54) is 4.90 Å². The molecule has 1 aliphatic heterocycles. The van der Waals surface area contributed by atoms with E-state index in [-0.39, 0.29) is 25.3 Å². The fourth-order valence-corrected chi connectivity index (χ4v) is 3.57. The van der Waals surface area contributed by atoms with Crippen molar-refractivity contribution in [3.8, 4) is 6.07 Å². The number of rotatable bonds is 5. The summed E-state index contributed by atoms with van der Waals surface area (Å²) in [5, 5.41) is 8.58. The molecule has 8 nitrogen and oxygen atoms in total. The molecule has 1 amide bonds. The van der Waals surface area contributed by atoms with Crippen LogP contribution < -0.4 is 4.72 Å². The van der Waals surface area contributed by atoms with Crippen LogP contribution in [0.2, 0.25) is 0 Å². The first-order chi connectivity index (χ1) is 10.5. The van der Waals surface area contributed by atoms with Gasteiger partial charge in [-0.3, -0.25) is 0 Å². The highest BCUT2D eigenvalue weighted by Gasteiger charge is 2.31. The molecule has 132 valence electrons. The van der Waals surface area contributed by atoms with Gasteiger partial charge in [0, 0.05) is 12.6 Å². The van der Waals surface area contributed by atoms with Crippen LogP contribution in [0.25, 0.3) is 0 Å². The van der Waals surface area contributed by atoms with Gasteiger partial charge in [0.25, 0.3) is 0 Å². The Kier molecular flexibility index (Phi) is 6.80. The van der Waals surface area contributed by atoms with Crippen LogP contribution in [0.5, 0.6) is 0 Å². The Morgan fingerprint density at radius 1 is 1.52 bits per heavy atom. The maximum absolute atomic E-state index is 12.1. The van der Waals surface area contributed by atoms with Crippen LogP contribution in [0.4, 0.5) is 4.79 Å². The molecule has 1 saturated heterocycles. The molecule has 0 aromatic heterocycles. The number of amides is 1. The van der Waals surface area contributed by atoms with Crippen LogP contribution in [0.1, 0.15) is 34.1 Å². The summed E-state index contributed by atoms with van der Waals surface area (Å²) in [4.78, 5) is 13.5. The Hall–Kier alpha value is -1.37. The lowest BCUT2D eigenvalue weighted by atomic mass is 10.2. The van der Waals surface area contributed by atoms with Crippen molar-refractivity contribution < 1.29 is 22.7 Å². The highest BCUT2D eigenvalue weighted by molar-refractivity contribution is 7.89. The van der Waals surface area contributed by atoms with Gasteiger partial charge in [-0.05, 0) is 27.7 Å². The molecule has 1 fully saturated rings. The number of hydrogen-bond donors (Lipinski definition) is 1. The second kappa shape index (κ2) is 7.95. The second-order valence-electron chi connectivity index (χ2n) is 6.58. The van der Waals surface area contributed by atoms with Crippen LogP contribution in [0, 0.1) is 11.3 Å². The summed E-state index contributed by atoms with van der Waals surface area (Å²) in [6.45, 7) is 7.71. The third-order valence-corrected chi connectivity index (χ3v) is 4.55. The van der Waals surface area contributed by atoms with Crippen LogP contribution >= 0.6 is 0 Å². The summed E-state index contributed by atoms with van der Waals surface area (Å²) in [5.41, 5.74) is -0.606. The van der Waals surface area contributed by atoms with Gasteiger partial charge in [-0.15, -0.1) is 0 Å². The number of morpholine rings is 1. The van der Waals surface area contributed by atoms with Gasteiger partial charge in [0.1, 0.15) is 5.60 Å². The van der Waals surface area contributed by atoms with Gasteiger partial charge in [-0.25, -0.2) is 17.9 Å². The number of hydrogen-bond acceptors (Lipinski definition) is 6. The number of ether oxygens (including phenoxy) is 2. The molecule has 0 spiro atoms. The van der Waals surface area contributed by atoms with Crippen LogP contribution in [-0.2, 0) is 19.5 Å². The number of nitrogens with zero attached hydrogens (tertiary/aromatic N) is 2. The minimum atomic E-state index is -3.59. The third-order valence-electron chi connectivity index (χ3n) is 2.97. The van der Waals surface area contributed by atoms with Crippen molar-refractivity contribution in [2.45, 2.75) is 51.9 Å². The predicted molar refractivity (Wildman–Crippen MR) is 84.2 cm³/mol. The molecular weight excluding hydrogens is 322 g/mol. The van der Waals surface area contributed by atoms with Crippen molar-refractivity contribution in [1.82, 2.24) is 9.62 Å². The number of carbonyl (C=O) groups excluding carboxylic acids is 1. The van der Waals surface area contributed by atoms with E-state index >= 15 is 0 Å². The lowest BCUT2D eigenvalue weighted by molar-refractivity contribution is -0.0343. The molecule has 9 heteroatoms. The van der Waals surface area contributed by atoms with Crippen molar-refractivity contribution in [3.05, 3.63) is 0 Å². The second-order valence-corrected chi connectivity index (χ2v) is 8.38. The Morgan fingerprint density at radius 3 is 2.74 bits per heavy atom. The number of nitrogens with one attached hydrogen (secondary N) is 1. The molecule has 23 heavy (non-hydrogen) atoms. The molecule has 2 atom stereocenters. The van der Waals surface area contributed by atoms with Gasteiger partial charge in [0.15, 0.2) is 0 Å². The molecule has 1 rings (SSSR count). The predicted octanol–water partition coefficient (Wildman–Crippen LogP) is 0.844. The Bertz CT molecular complexity index is 550. The average Bonchev–Trinajstić information content (AvgIpc) is 2.35. The van der Waals surface area contributed by atoms with E-state index in [4.69, 9.17) is 14.7 Å². The smallest absolute Gasteiger partial charge is 0.410 e. The maximum Gasteiger partial charge on any atom is 0.410 e. The maximum atomic E-state index is 12.1. The van der Waals surface area contributed by atoms with E-state index in [0.717, 1.165) is 0 Å². The van der Waals surface area contributed by atoms with Gasteiger partial charge in [-0.1, -0.05) is 0 Å². The van der Waals surface area contributed by atoms with Crippen molar-refractivity contribution >= 4 is 16.1 Å². The Morgan fingerprint density at radius 2 is 2.17 bits per heavy atom. The van der Waals surface area contributed by atoms with Crippen molar-refractivity contribution in [2.75, 3.05) is 25.4 Å². The zero-order valence-corrected chi connectivity index (χ0v) is 14.9. The molecule has 0 bridgehead atoms. The van der Waals surface area contributed by atoms with Gasteiger partial charge >= 0.3 is 6.09 Å². The lowest BCUT2D eigenvalue weighted by Crippen LogP contribution is -2.50. The Labute approximate surface area is 137 Å². The highest BCUT2D eigenvalue weighted by atomic mass is 32.2.